The number of nitrogens with two attached hydrogens (primary N) is 1. The molecule has 0 aliphatic heterocycles. The molecule has 1 rings (SSSR count). The van der Waals surface area contributed by atoms with Crippen LogP contribution in [0.1, 0.15) is 12.6 Å². The van der Waals surface area contributed by atoms with E-state index in [0.29, 0.717) is 0 Å². The van der Waals surface area contributed by atoms with Crippen molar-refractivity contribution in [1.82, 2.24) is 10.2 Å². The van der Waals surface area contributed by atoms with E-state index in [9.17, 15) is 0 Å². The Bertz CT molecular complexity index is 207. The van der Waals surface area contributed by atoms with Crippen LogP contribution in [-0.4, -0.2) is 16.2 Å². The lowest BCUT2D eigenvalue weighted by molar-refractivity contribution is 0.717. The lowest BCUT2D eigenvalue weighted by Gasteiger charge is -2.01. The summed E-state index contributed by atoms with van der Waals surface area (Å²) in [5, 5.41) is 6.71. The number of hydrogen-bond acceptors (Lipinski definition) is 2. The van der Waals surface area contributed by atoms with Crippen LogP contribution in [-0.2, 0) is 6.42 Å². The van der Waals surface area contributed by atoms with Crippen molar-refractivity contribution in [2.75, 3.05) is 0 Å². The number of rotatable bonds is 2. The van der Waals surface area contributed by atoms with Gasteiger partial charge < -0.3 is 5.73 Å². The normalized spacial score (nSPS) is 13.5. The topological polar surface area (TPSA) is 54.7 Å². The summed E-state index contributed by atoms with van der Waals surface area (Å²) in [5.41, 5.74) is 6.65. The van der Waals surface area contributed by atoms with Gasteiger partial charge in [-0.3, -0.25) is 5.10 Å². The lowest BCUT2D eigenvalue weighted by atomic mass is 10.2. The van der Waals surface area contributed by atoms with Gasteiger partial charge >= 0.3 is 0 Å². The first-order valence-corrected chi connectivity index (χ1v) is 3.92. The highest BCUT2D eigenvalue weighted by Crippen LogP contribution is 2.13. The zero-order valence-electron chi connectivity index (χ0n) is 5.76. The third-order valence-corrected chi connectivity index (χ3v) is 1.88. The molecule has 3 N–H and O–H groups in total. The van der Waals surface area contributed by atoms with Crippen molar-refractivity contribution >= 4 is 15.9 Å². The van der Waals surface area contributed by atoms with Gasteiger partial charge in [-0.1, -0.05) is 0 Å². The second kappa shape index (κ2) is 3.16. The highest BCUT2D eigenvalue weighted by Gasteiger charge is 2.03. The molecular weight excluding hydrogens is 194 g/mol. The van der Waals surface area contributed by atoms with Crippen LogP contribution in [0.25, 0.3) is 0 Å². The van der Waals surface area contributed by atoms with Crippen LogP contribution in [0.3, 0.4) is 0 Å². The Morgan fingerprint density at radius 3 is 3.00 bits per heavy atom. The molecule has 1 atom stereocenters. The molecule has 1 unspecified atom stereocenters. The van der Waals surface area contributed by atoms with Crippen LogP contribution >= 0.6 is 15.9 Å². The quantitative estimate of drug-likeness (QED) is 0.756. The monoisotopic (exact) mass is 203 g/mol. The molecule has 4 heteroatoms. The van der Waals surface area contributed by atoms with Crippen molar-refractivity contribution in [3.63, 3.8) is 0 Å². The Kier molecular flexibility index (Phi) is 2.45. The van der Waals surface area contributed by atoms with Crippen LogP contribution in [0.15, 0.2) is 10.7 Å². The Balaban J connectivity index is 2.65. The van der Waals surface area contributed by atoms with Gasteiger partial charge in [0.2, 0.25) is 0 Å². The van der Waals surface area contributed by atoms with Gasteiger partial charge in [-0.25, -0.2) is 0 Å². The number of aromatic amines is 1. The van der Waals surface area contributed by atoms with E-state index in [1.165, 1.54) is 0 Å². The van der Waals surface area contributed by atoms with Gasteiger partial charge in [0.15, 0.2) is 0 Å². The summed E-state index contributed by atoms with van der Waals surface area (Å²) in [6, 6.07) is 0.178. The Morgan fingerprint density at radius 1 is 1.90 bits per heavy atom. The second-order valence-corrected chi connectivity index (χ2v) is 3.23. The lowest BCUT2D eigenvalue weighted by Crippen LogP contribution is -2.18. The minimum atomic E-state index is 0.178. The fourth-order valence-corrected chi connectivity index (χ4v) is 1.12. The molecule has 0 radical (unpaired) electrons. The summed E-state index contributed by atoms with van der Waals surface area (Å²) in [6.45, 7) is 1.97. The summed E-state index contributed by atoms with van der Waals surface area (Å²) in [6.07, 6.45) is 2.57. The van der Waals surface area contributed by atoms with Gasteiger partial charge in [0.1, 0.15) is 0 Å². The van der Waals surface area contributed by atoms with Crippen molar-refractivity contribution in [1.29, 1.82) is 0 Å². The molecule has 3 nitrogen and oxygen atoms in total. The van der Waals surface area contributed by atoms with E-state index < -0.39 is 0 Å². The minimum Gasteiger partial charge on any atom is -0.328 e. The number of nitrogens with zero attached hydrogens (tertiary/aromatic N) is 1. The van der Waals surface area contributed by atoms with Crippen LogP contribution in [0.2, 0.25) is 0 Å². The van der Waals surface area contributed by atoms with Crippen LogP contribution in [0.5, 0.6) is 0 Å². The van der Waals surface area contributed by atoms with Crippen molar-refractivity contribution < 1.29 is 0 Å². The van der Waals surface area contributed by atoms with E-state index in [1.54, 1.807) is 6.20 Å². The summed E-state index contributed by atoms with van der Waals surface area (Å²) >= 11 is 3.35. The number of halogens is 1. The largest absolute Gasteiger partial charge is 0.328 e. The summed E-state index contributed by atoms with van der Waals surface area (Å²) in [7, 11) is 0. The maximum Gasteiger partial charge on any atom is 0.0632 e. The Morgan fingerprint density at radius 2 is 2.60 bits per heavy atom. The molecule has 10 heavy (non-hydrogen) atoms. The van der Waals surface area contributed by atoms with E-state index in [-0.39, 0.29) is 6.04 Å². The van der Waals surface area contributed by atoms with Crippen molar-refractivity contribution in [3.05, 3.63) is 16.4 Å². The summed E-state index contributed by atoms with van der Waals surface area (Å²) < 4.78 is 1.00. The molecule has 56 valence electrons. The van der Waals surface area contributed by atoms with E-state index in [4.69, 9.17) is 5.73 Å². The molecular formula is C6H10BrN3. The van der Waals surface area contributed by atoms with E-state index in [1.807, 2.05) is 6.92 Å². The third-order valence-electron chi connectivity index (χ3n) is 1.19. The molecule has 1 aromatic rings. The maximum atomic E-state index is 5.58. The standard InChI is InChI=1S/C6H10BrN3/c1-4(8)2-6-5(7)3-9-10-6/h3-4H,2,8H2,1H3,(H,9,10). The minimum absolute atomic E-state index is 0.178. The first kappa shape index (κ1) is 7.75. The first-order chi connectivity index (χ1) is 4.70. The first-order valence-electron chi connectivity index (χ1n) is 3.13. The van der Waals surface area contributed by atoms with Gasteiger partial charge in [0.25, 0.3) is 0 Å². The molecule has 0 spiro atoms. The van der Waals surface area contributed by atoms with E-state index in [0.717, 1.165) is 16.6 Å². The predicted octanol–water partition coefficient (Wildman–Crippen LogP) is 1.06. The fourth-order valence-electron chi connectivity index (χ4n) is 0.763. The zero-order chi connectivity index (χ0) is 7.56. The molecule has 0 aliphatic carbocycles. The molecule has 0 aliphatic rings. The molecule has 0 saturated carbocycles. The number of H-pyrrole nitrogens is 1. The Labute approximate surface area is 68.1 Å². The smallest absolute Gasteiger partial charge is 0.0632 e. The third kappa shape index (κ3) is 1.82. The van der Waals surface area contributed by atoms with Crippen molar-refractivity contribution in [3.8, 4) is 0 Å². The van der Waals surface area contributed by atoms with Crippen molar-refractivity contribution in [2.24, 2.45) is 5.73 Å². The molecule has 0 aromatic carbocycles. The van der Waals surface area contributed by atoms with Gasteiger partial charge in [-0.05, 0) is 22.9 Å². The van der Waals surface area contributed by atoms with Gasteiger partial charge in [0.05, 0.1) is 16.4 Å². The van der Waals surface area contributed by atoms with Crippen LogP contribution in [0.4, 0.5) is 0 Å². The Hall–Kier alpha value is -0.350. The van der Waals surface area contributed by atoms with Gasteiger partial charge in [-0.2, -0.15) is 5.10 Å². The second-order valence-electron chi connectivity index (χ2n) is 2.38. The molecule has 0 fully saturated rings. The predicted molar refractivity (Wildman–Crippen MR) is 43.6 cm³/mol. The average molecular weight is 204 g/mol. The average Bonchev–Trinajstić information content (AvgIpc) is 2.15. The molecule has 1 aromatic heterocycles. The van der Waals surface area contributed by atoms with E-state index in [2.05, 4.69) is 26.1 Å². The molecule has 0 bridgehead atoms. The van der Waals surface area contributed by atoms with Crippen LogP contribution < -0.4 is 5.73 Å². The van der Waals surface area contributed by atoms with Gasteiger partial charge in [0, 0.05) is 12.5 Å². The highest BCUT2D eigenvalue weighted by atomic mass is 79.9. The number of nitrogens with one attached hydrogen (secondary N) is 1. The molecule has 0 amide bonds. The summed E-state index contributed by atoms with van der Waals surface area (Å²) in [5.74, 6) is 0. The SMILES string of the molecule is CC(N)Cc1[nH]ncc1Br. The molecule has 1 heterocycles. The van der Waals surface area contributed by atoms with Gasteiger partial charge in [-0.15, -0.1) is 0 Å². The van der Waals surface area contributed by atoms with Crippen LogP contribution in [0, 0.1) is 0 Å². The van der Waals surface area contributed by atoms with E-state index >= 15 is 0 Å². The number of hydrogen-bond donors (Lipinski definition) is 2. The number of aromatic nitrogens is 2. The zero-order valence-corrected chi connectivity index (χ0v) is 7.35. The van der Waals surface area contributed by atoms with Crippen molar-refractivity contribution in [2.45, 2.75) is 19.4 Å². The summed E-state index contributed by atoms with van der Waals surface area (Å²) in [4.78, 5) is 0. The fraction of sp³-hybridized carbons (Fsp3) is 0.500. The molecule has 0 saturated heterocycles. The highest BCUT2D eigenvalue weighted by molar-refractivity contribution is 9.10. The maximum absolute atomic E-state index is 5.58.